The third-order valence-electron chi connectivity index (χ3n) is 3.61. The number of hydrogen-bond acceptors (Lipinski definition) is 4. The molecule has 0 bridgehead atoms. The Kier molecular flexibility index (Phi) is 5.79. The Morgan fingerprint density at radius 3 is 2.44 bits per heavy atom. The molecule has 1 aliphatic heterocycles. The number of Topliss-reactive ketones (excluding diaryl/α,β-unsaturated/α-hetero) is 1. The number of carbonyl (C=O) groups excluding carboxylic acids is 1. The number of carbonyl (C=O) groups is 1. The molecule has 1 N–H and O–H groups in total. The van der Waals surface area contributed by atoms with Crippen molar-refractivity contribution in [2.75, 3.05) is 18.1 Å². The molecule has 4 nitrogen and oxygen atoms in total. The third kappa shape index (κ3) is 4.05. The third-order valence-corrected chi connectivity index (χ3v) is 5.47. The van der Waals surface area contributed by atoms with Crippen LogP contribution in [0.25, 0.3) is 0 Å². The van der Waals surface area contributed by atoms with E-state index in [0.717, 1.165) is 32.2 Å². The molecule has 0 aromatic heterocycles. The van der Waals surface area contributed by atoms with Crippen molar-refractivity contribution in [1.29, 1.82) is 0 Å². The Hall–Kier alpha value is -0.420. The topological polar surface area (TPSA) is 63.2 Å². The molecule has 1 fully saturated rings. The van der Waals surface area contributed by atoms with Gasteiger partial charge in [-0.3, -0.25) is 4.79 Å². The van der Waals surface area contributed by atoms with Gasteiger partial charge in [0, 0.05) is 12.2 Å². The minimum atomic E-state index is -3.05. The summed E-state index contributed by atoms with van der Waals surface area (Å²) >= 11 is 0. The van der Waals surface area contributed by atoms with E-state index >= 15 is 0 Å². The Morgan fingerprint density at radius 1 is 1.22 bits per heavy atom. The first kappa shape index (κ1) is 15.6. The number of nitrogens with one attached hydrogen (secondary N) is 1. The highest BCUT2D eigenvalue weighted by Crippen LogP contribution is 2.27. The molecular formula is C13H25NO3S. The van der Waals surface area contributed by atoms with Crippen LogP contribution in [0.4, 0.5) is 0 Å². The quantitative estimate of drug-likeness (QED) is 0.732. The van der Waals surface area contributed by atoms with Gasteiger partial charge in [-0.2, -0.15) is 0 Å². The van der Waals surface area contributed by atoms with Crippen LogP contribution >= 0.6 is 0 Å². The molecule has 1 aliphatic rings. The van der Waals surface area contributed by atoms with E-state index < -0.39 is 15.4 Å². The molecule has 1 heterocycles. The smallest absolute Gasteiger partial charge is 0.153 e. The highest BCUT2D eigenvalue weighted by molar-refractivity contribution is 7.91. The number of sulfone groups is 1. The summed E-state index contributed by atoms with van der Waals surface area (Å²) < 4.78 is 23.3. The minimum absolute atomic E-state index is 0.00676. The lowest BCUT2D eigenvalue weighted by Crippen LogP contribution is -2.48. The molecule has 106 valence electrons. The second kappa shape index (κ2) is 6.66. The maximum atomic E-state index is 12.3. The second-order valence-electron chi connectivity index (χ2n) is 5.19. The largest absolute Gasteiger partial charge is 0.305 e. The molecule has 0 aromatic rings. The lowest BCUT2D eigenvalue weighted by Gasteiger charge is -2.27. The fraction of sp³-hybridized carbons (Fsp3) is 0.923. The van der Waals surface area contributed by atoms with Gasteiger partial charge in [-0.15, -0.1) is 0 Å². The normalized spacial score (nSPS) is 24.3. The van der Waals surface area contributed by atoms with Crippen LogP contribution in [0.5, 0.6) is 0 Å². The molecule has 0 amide bonds. The van der Waals surface area contributed by atoms with Gasteiger partial charge in [-0.05, 0) is 32.2 Å². The van der Waals surface area contributed by atoms with Gasteiger partial charge in [-0.25, -0.2) is 8.42 Å². The van der Waals surface area contributed by atoms with E-state index in [0.29, 0.717) is 6.42 Å². The van der Waals surface area contributed by atoms with Crippen LogP contribution in [-0.4, -0.2) is 37.8 Å². The van der Waals surface area contributed by atoms with E-state index in [1.165, 1.54) is 0 Å². The van der Waals surface area contributed by atoms with Gasteiger partial charge >= 0.3 is 0 Å². The molecule has 1 unspecified atom stereocenters. The Labute approximate surface area is 110 Å². The molecule has 1 atom stereocenters. The summed E-state index contributed by atoms with van der Waals surface area (Å²) in [7, 11) is -3.05. The maximum absolute atomic E-state index is 12.3. The van der Waals surface area contributed by atoms with E-state index in [9.17, 15) is 13.2 Å². The summed E-state index contributed by atoms with van der Waals surface area (Å²) in [5.74, 6) is 0.280. The van der Waals surface area contributed by atoms with Gasteiger partial charge in [0.25, 0.3) is 0 Å². The van der Waals surface area contributed by atoms with Gasteiger partial charge in [0.2, 0.25) is 0 Å². The summed E-state index contributed by atoms with van der Waals surface area (Å²) in [6.07, 6.45) is 4.41. The fourth-order valence-corrected chi connectivity index (χ4v) is 4.05. The van der Waals surface area contributed by atoms with Crippen molar-refractivity contribution in [1.82, 2.24) is 5.32 Å². The van der Waals surface area contributed by atoms with Crippen molar-refractivity contribution in [2.45, 2.75) is 57.9 Å². The predicted molar refractivity (Wildman–Crippen MR) is 73.4 cm³/mol. The zero-order chi connectivity index (χ0) is 13.6. The highest BCUT2D eigenvalue weighted by Gasteiger charge is 2.39. The SMILES string of the molecule is CCCC1(C(=O)CCS(=O)(=O)CCC)CCCN1. The van der Waals surface area contributed by atoms with Crippen molar-refractivity contribution in [3.63, 3.8) is 0 Å². The predicted octanol–water partition coefficient (Wildman–Crippen LogP) is 1.69. The van der Waals surface area contributed by atoms with Crippen LogP contribution < -0.4 is 5.32 Å². The molecule has 0 aliphatic carbocycles. The van der Waals surface area contributed by atoms with Gasteiger partial charge < -0.3 is 5.32 Å². The van der Waals surface area contributed by atoms with Crippen LogP contribution in [0.3, 0.4) is 0 Å². The molecule has 0 aromatic carbocycles. The summed E-state index contributed by atoms with van der Waals surface area (Å²) in [4.78, 5) is 12.3. The van der Waals surface area contributed by atoms with Gasteiger partial charge in [0.05, 0.1) is 11.3 Å². The van der Waals surface area contributed by atoms with Gasteiger partial charge in [0.1, 0.15) is 0 Å². The first-order valence-corrected chi connectivity index (χ1v) is 8.76. The van der Waals surface area contributed by atoms with Crippen LogP contribution in [0.15, 0.2) is 0 Å². The van der Waals surface area contributed by atoms with Crippen LogP contribution in [0.2, 0.25) is 0 Å². The van der Waals surface area contributed by atoms with E-state index in [1.54, 1.807) is 0 Å². The molecule has 0 saturated carbocycles. The molecule has 0 spiro atoms. The molecule has 0 radical (unpaired) electrons. The Balaban J connectivity index is 2.58. The molecule has 1 saturated heterocycles. The molecule has 18 heavy (non-hydrogen) atoms. The van der Waals surface area contributed by atoms with Crippen molar-refractivity contribution in [2.24, 2.45) is 0 Å². The Bertz CT molecular complexity index is 370. The number of rotatable bonds is 8. The average molecular weight is 275 g/mol. The zero-order valence-corrected chi connectivity index (χ0v) is 12.3. The fourth-order valence-electron chi connectivity index (χ4n) is 2.72. The van der Waals surface area contributed by atoms with Crippen LogP contribution in [0.1, 0.15) is 52.4 Å². The number of ketones is 1. The molecule has 1 rings (SSSR count). The monoisotopic (exact) mass is 275 g/mol. The number of hydrogen-bond donors (Lipinski definition) is 1. The molecular weight excluding hydrogens is 250 g/mol. The summed E-state index contributed by atoms with van der Waals surface area (Å²) in [5, 5.41) is 3.29. The highest BCUT2D eigenvalue weighted by atomic mass is 32.2. The van der Waals surface area contributed by atoms with Crippen molar-refractivity contribution >= 4 is 15.6 Å². The van der Waals surface area contributed by atoms with E-state index in [2.05, 4.69) is 12.2 Å². The first-order chi connectivity index (χ1) is 8.46. The van der Waals surface area contributed by atoms with Crippen molar-refractivity contribution in [3.05, 3.63) is 0 Å². The average Bonchev–Trinajstić information content (AvgIpc) is 2.76. The van der Waals surface area contributed by atoms with Gasteiger partial charge in [0.15, 0.2) is 15.6 Å². The standard InChI is InChI=1S/C13H25NO3S/c1-3-7-13(8-5-9-14-13)12(15)6-11-18(16,17)10-4-2/h14H,3-11H2,1-2H3. The van der Waals surface area contributed by atoms with E-state index in [4.69, 9.17) is 0 Å². The Morgan fingerprint density at radius 2 is 1.94 bits per heavy atom. The summed E-state index contributed by atoms with van der Waals surface area (Å²) in [6.45, 7) is 4.77. The van der Waals surface area contributed by atoms with Crippen LogP contribution in [-0.2, 0) is 14.6 Å². The van der Waals surface area contributed by atoms with Crippen LogP contribution in [0, 0.1) is 0 Å². The molecule has 5 heteroatoms. The first-order valence-electron chi connectivity index (χ1n) is 6.94. The van der Waals surface area contributed by atoms with Gasteiger partial charge in [-0.1, -0.05) is 20.3 Å². The maximum Gasteiger partial charge on any atom is 0.153 e. The van der Waals surface area contributed by atoms with Crippen molar-refractivity contribution < 1.29 is 13.2 Å². The summed E-state index contributed by atoms with van der Waals surface area (Å²) in [5.41, 5.74) is -0.434. The minimum Gasteiger partial charge on any atom is -0.305 e. The zero-order valence-electron chi connectivity index (χ0n) is 11.5. The van der Waals surface area contributed by atoms with Crippen molar-refractivity contribution in [3.8, 4) is 0 Å². The van der Waals surface area contributed by atoms with E-state index in [1.807, 2.05) is 6.92 Å². The van der Waals surface area contributed by atoms with E-state index in [-0.39, 0.29) is 23.7 Å². The lowest BCUT2D eigenvalue weighted by atomic mass is 9.86. The second-order valence-corrected chi connectivity index (χ2v) is 7.49. The lowest BCUT2D eigenvalue weighted by molar-refractivity contribution is -0.124. The summed E-state index contributed by atoms with van der Waals surface area (Å²) in [6, 6.07) is 0.